The van der Waals surface area contributed by atoms with Gasteiger partial charge >= 0.3 is 0 Å². The lowest BCUT2D eigenvalue weighted by molar-refractivity contribution is -0.140. The lowest BCUT2D eigenvalue weighted by Gasteiger charge is -2.60. The van der Waals surface area contributed by atoms with Gasteiger partial charge in [-0.05, 0) is 91.0 Å². The molecule has 1 aliphatic heterocycles. The van der Waals surface area contributed by atoms with E-state index in [1.807, 2.05) is 6.08 Å². The molecule has 4 fully saturated rings. The SMILES string of the molecule is CC(=O)C1CCC2C3C([C@H](O[Si](C)(C)C(C)(C)C)CC12C)C1(C)CCC(=O)C=C1[C@H]1O[C@@H]31. The van der Waals surface area contributed by atoms with Crippen molar-refractivity contribution in [3.8, 4) is 0 Å². The van der Waals surface area contributed by atoms with Gasteiger partial charge in [0.15, 0.2) is 14.1 Å². The van der Waals surface area contributed by atoms with Gasteiger partial charge in [-0.25, -0.2) is 0 Å². The molecule has 5 aliphatic rings. The summed E-state index contributed by atoms with van der Waals surface area (Å²) < 4.78 is 13.7. The average molecular weight is 459 g/mol. The fourth-order valence-corrected chi connectivity index (χ4v) is 9.57. The molecule has 0 aromatic heterocycles. The van der Waals surface area contributed by atoms with Gasteiger partial charge in [-0.3, -0.25) is 9.59 Å². The quantitative estimate of drug-likeness (QED) is 0.401. The monoisotopic (exact) mass is 458 g/mol. The number of Topliss-reactive ketones (excluding diaryl/α,β-unsaturated/α-hetero) is 1. The third kappa shape index (κ3) is 3.06. The third-order valence-corrected chi connectivity index (χ3v) is 15.4. The minimum atomic E-state index is -2.02. The van der Waals surface area contributed by atoms with Crippen LogP contribution in [-0.4, -0.2) is 38.2 Å². The first-order chi connectivity index (χ1) is 14.7. The highest BCUT2D eigenvalue weighted by atomic mass is 28.4. The number of fused-ring (bicyclic) bond motifs is 8. The summed E-state index contributed by atoms with van der Waals surface area (Å²) in [6, 6.07) is 0. The largest absolute Gasteiger partial charge is 0.414 e. The van der Waals surface area contributed by atoms with Gasteiger partial charge in [0, 0.05) is 18.4 Å². The first-order valence-electron chi connectivity index (χ1n) is 12.8. The highest BCUT2D eigenvalue weighted by Gasteiger charge is 2.72. The zero-order valence-corrected chi connectivity index (χ0v) is 22.3. The van der Waals surface area contributed by atoms with E-state index in [1.54, 1.807) is 6.92 Å². The maximum atomic E-state index is 12.7. The molecule has 32 heavy (non-hydrogen) atoms. The first-order valence-corrected chi connectivity index (χ1v) is 15.7. The number of carbonyl (C=O) groups is 2. The standard InChI is InChI=1S/C27H42O4Si/c1-15(28)17-9-10-18-21-22(20(14-27(17,18)6)31-32(7,8)25(2,3)4)26(5)12-11-16(29)13-19(26)23-24(21)30-23/h13,17-18,20-24H,9-12,14H2,1-8H3/t17?,18?,20-,21?,22?,23-,24+,26?,27?/m1/s1. The van der Waals surface area contributed by atoms with E-state index >= 15 is 0 Å². The Kier molecular flexibility index (Phi) is 4.94. The van der Waals surface area contributed by atoms with E-state index < -0.39 is 8.32 Å². The molecular formula is C27H42O4Si. The highest BCUT2D eigenvalue weighted by molar-refractivity contribution is 6.74. The van der Waals surface area contributed by atoms with Crippen molar-refractivity contribution in [2.24, 2.45) is 34.5 Å². The third-order valence-electron chi connectivity index (χ3n) is 10.9. The van der Waals surface area contributed by atoms with Crippen LogP contribution < -0.4 is 0 Å². The molecule has 0 bridgehead atoms. The lowest BCUT2D eigenvalue weighted by Crippen LogP contribution is -2.62. The van der Waals surface area contributed by atoms with E-state index in [0.29, 0.717) is 30.0 Å². The maximum Gasteiger partial charge on any atom is 0.192 e. The van der Waals surface area contributed by atoms with Crippen molar-refractivity contribution in [2.75, 3.05) is 0 Å². The summed E-state index contributed by atoms with van der Waals surface area (Å²) in [6.45, 7) is 18.2. The smallest absolute Gasteiger partial charge is 0.192 e. The Hall–Kier alpha value is -0.783. The molecule has 4 aliphatic carbocycles. The Balaban J connectivity index is 1.62. The van der Waals surface area contributed by atoms with Crippen LogP contribution in [0.15, 0.2) is 11.6 Å². The molecule has 0 aromatic carbocycles. The van der Waals surface area contributed by atoms with Crippen molar-refractivity contribution in [3.63, 3.8) is 0 Å². The number of rotatable bonds is 3. The predicted octanol–water partition coefficient (Wildman–Crippen LogP) is 5.71. The van der Waals surface area contributed by atoms with Gasteiger partial charge in [0.1, 0.15) is 11.9 Å². The molecule has 4 nitrogen and oxygen atoms in total. The highest BCUT2D eigenvalue weighted by Crippen LogP contribution is 2.71. The second-order valence-electron chi connectivity index (χ2n) is 13.6. The predicted molar refractivity (Wildman–Crippen MR) is 128 cm³/mol. The summed E-state index contributed by atoms with van der Waals surface area (Å²) in [5.41, 5.74) is 1.19. The Morgan fingerprint density at radius 2 is 1.91 bits per heavy atom. The number of epoxide rings is 1. The summed E-state index contributed by atoms with van der Waals surface area (Å²) in [7, 11) is -2.02. The molecule has 5 heteroatoms. The topological polar surface area (TPSA) is 55.9 Å². The van der Waals surface area contributed by atoms with Crippen molar-refractivity contribution in [2.45, 2.75) is 110 Å². The van der Waals surface area contributed by atoms with Crippen LogP contribution >= 0.6 is 0 Å². The molecule has 9 atom stereocenters. The molecule has 0 spiro atoms. The van der Waals surface area contributed by atoms with Gasteiger partial charge in [0.2, 0.25) is 0 Å². The molecule has 0 aromatic rings. The van der Waals surface area contributed by atoms with Gasteiger partial charge in [-0.1, -0.05) is 34.6 Å². The Morgan fingerprint density at radius 3 is 2.53 bits per heavy atom. The summed E-state index contributed by atoms with van der Waals surface area (Å²) >= 11 is 0. The van der Waals surface area contributed by atoms with E-state index in [1.165, 1.54) is 5.57 Å². The normalized spacial score (nSPS) is 47.7. The number of ether oxygens (including phenoxy) is 1. The van der Waals surface area contributed by atoms with Gasteiger partial charge in [0.05, 0.1) is 6.10 Å². The van der Waals surface area contributed by atoms with E-state index in [9.17, 15) is 9.59 Å². The van der Waals surface area contributed by atoms with Gasteiger partial charge < -0.3 is 9.16 Å². The van der Waals surface area contributed by atoms with Gasteiger partial charge in [-0.2, -0.15) is 0 Å². The van der Waals surface area contributed by atoms with Crippen LogP contribution in [-0.2, 0) is 18.8 Å². The van der Waals surface area contributed by atoms with E-state index in [4.69, 9.17) is 9.16 Å². The van der Waals surface area contributed by atoms with E-state index in [-0.39, 0.29) is 45.9 Å². The van der Waals surface area contributed by atoms with Gasteiger partial charge in [-0.15, -0.1) is 0 Å². The van der Waals surface area contributed by atoms with Crippen LogP contribution in [0.5, 0.6) is 0 Å². The van der Waals surface area contributed by atoms with Crippen molar-refractivity contribution in [1.82, 2.24) is 0 Å². The summed E-state index contributed by atoms with van der Waals surface area (Å²) in [5, 5.41) is 0.130. The molecule has 1 heterocycles. The van der Waals surface area contributed by atoms with Crippen LogP contribution in [0.3, 0.4) is 0 Å². The molecule has 1 saturated heterocycles. The number of hydrogen-bond acceptors (Lipinski definition) is 4. The zero-order valence-electron chi connectivity index (χ0n) is 21.3. The van der Waals surface area contributed by atoms with Crippen molar-refractivity contribution < 1.29 is 18.8 Å². The van der Waals surface area contributed by atoms with Crippen molar-refractivity contribution >= 4 is 19.9 Å². The molecule has 0 radical (unpaired) electrons. The Labute approximate surface area is 195 Å². The molecule has 0 amide bonds. The van der Waals surface area contributed by atoms with Crippen LogP contribution in [0.25, 0.3) is 0 Å². The molecular weight excluding hydrogens is 416 g/mol. The number of carbonyl (C=O) groups excluding carboxylic acids is 2. The van der Waals surface area contributed by atoms with Gasteiger partial charge in [0.25, 0.3) is 0 Å². The molecule has 3 saturated carbocycles. The number of ketones is 2. The van der Waals surface area contributed by atoms with Crippen LogP contribution in [0.1, 0.15) is 73.6 Å². The Bertz CT molecular complexity index is 885. The van der Waals surface area contributed by atoms with Crippen LogP contribution in [0.2, 0.25) is 18.1 Å². The summed E-state index contributed by atoms with van der Waals surface area (Å²) in [5.74, 6) is 2.03. The van der Waals surface area contributed by atoms with Crippen LogP contribution in [0, 0.1) is 34.5 Å². The lowest BCUT2D eigenvalue weighted by atomic mass is 9.46. The minimum Gasteiger partial charge on any atom is -0.414 e. The maximum absolute atomic E-state index is 12.7. The second-order valence-corrected chi connectivity index (χ2v) is 18.3. The fraction of sp³-hybridized carbons (Fsp3) is 0.852. The molecule has 0 N–H and O–H groups in total. The summed E-state index contributed by atoms with van der Waals surface area (Å²) in [4.78, 5) is 25.1. The molecule has 6 unspecified atom stereocenters. The molecule has 5 rings (SSSR count). The number of hydrogen-bond donors (Lipinski definition) is 0. The average Bonchev–Trinajstić information content (AvgIpc) is 3.36. The van der Waals surface area contributed by atoms with E-state index in [0.717, 1.165) is 25.7 Å². The zero-order chi connectivity index (χ0) is 23.4. The summed E-state index contributed by atoms with van der Waals surface area (Å²) in [6.07, 6.45) is 6.97. The fourth-order valence-electron chi connectivity index (χ4n) is 8.23. The Morgan fingerprint density at radius 1 is 1.22 bits per heavy atom. The second kappa shape index (κ2) is 6.88. The minimum absolute atomic E-state index is 0.0153. The van der Waals surface area contributed by atoms with Crippen molar-refractivity contribution in [1.29, 1.82) is 0 Å². The molecule has 178 valence electrons. The van der Waals surface area contributed by atoms with E-state index in [2.05, 4.69) is 47.7 Å². The van der Waals surface area contributed by atoms with Crippen LogP contribution in [0.4, 0.5) is 0 Å². The van der Waals surface area contributed by atoms with Crippen molar-refractivity contribution in [3.05, 3.63) is 11.6 Å². The first kappa shape index (κ1) is 23.0.